The van der Waals surface area contributed by atoms with Crippen molar-refractivity contribution < 1.29 is 18.3 Å². The van der Waals surface area contributed by atoms with E-state index in [1.807, 2.05) is 31.2 Å². The lowest BCUT2D eigenvalue weighted by atomic mass is 10.1. The highest BCUT2D eigenvalue weighted by Crippen LogP contribution is 2.15. The molecular weight excluding hydrogens is 370 g/mol. The summed E-state index contributed by atoms with van der Waals surface area (Å²) in [4.78, 5) is 20.1. The Morgan fingerprint density at radius 2 is 1.75 bits per heavy atom. The van der Waals surface area contributed by atoms with Crippen LogP contribution >= 0.6 is 0 Å². The molecule has 0 aliphatic heterocycles. The number of benzene rings is 1. The molecule has 1 aromatic carbocycles. The molecule has 9 heteroatoms. The lowest BCUT2D eigenvalue weighted by molar-refractivity contribution is -0.133. The molecule has 0 amide bonds. The SMILES string of the molecule is Cc1ccc(Cn2nc(-c3cnc(OCCOC(F)F)nc3)ccc2=O)cc1. The van der Waals surface area contributed by atoms with Gasteiger partial charge in [-0.1, -0.05) is 29.8 Å². The number of aromatic nitrogens is 4. The first-order valence-corrected chi connectivity index (χ1v) is 8.50. The molecule has 0 aliphatic carbocycles. The Bertz CT molecular complexity index is 960. The Labute approximate surface area is 159 Å². The maximum Gasteiger partial charge on any atom is 0.345 e. The summed E-state index contributed by atoms with van der Waals surface area (Å²) in [6.07, 6.45) is 2.97. The molecule has 146 valence electrons. The number of nitrogens with zero attached hydrogens (tertiary/aromatic N) is 4. The first kappa shape index (κ1) is 19.6. The van der Waals surface area contributed by atoms with Gasteiger partial charge in [-0.15, -0.1) is 0 Å². The van der Waals surface area contributed by atoms with Gasteiger partial charge in [0.2, 0.25) is 0 Å². The molecule has 2 heterocycles. The van der Waals surface area contributed by atoms with Gasteiger partial charge in [0.05, 0.1) is 18.8 Å². The number of hydrogen-bond donors (Lipinski definition) is 0. The minimum absolute atomic E-state index is 0.0367. The van der Waals surface area contributed by atoms with Crippen LogP contribution in [0.4, 0.5) is 8.78 Å². The first-order valence-electron chi connectivity index (χ1n) is 8.50. The highest BCUT2D eigenvalue weighted by Gasteiger charge is 2.07. The Morgan fingerprint density at radius 1 is 1.04 bits per heavy atom. The zero-order valence-electron chi connectivity index (χ0n) is 15.1. The van der Waals surface area contributed by atoms with Crippen LogP contribution in [-0.4, -0.2) is 39.6 Å². The lowest BCUT2D eigenvalue weighted by Gasteiger charge is -2.08. The molecule has 3 aromatic rings. The van der Waals surface area contributed by atoms with Gasteiger partial charge < -0.3 is 9.47 Å². The number of rotatable bonds is 8. The van der Waals surface area contributed by atoms with Gasteiger partial charge in [-0.2, -0.15) is 13.9 Å². The van der Waals surface area contributed by atoms with E-state index in [2.05, 4.69) is 19.8 Å². The zero-order chi connectivity index (χ0) is 19.9. The van der Waals surface area contributed by atoms with Crippen LogP contribution in [0.25, 0.3) is 11.3 Å². The van der Waals surface area contributed by atoms with Crippen molar-refractivity contribution in [2.45, 2.75) is 20.1 Å². The molecule has 2 aromatic heterocycles. The first-order chi connectivity index (χ1) is 13.5. The largest absolute Gasteiger partial charge is 0.461 e. The van der Waals surface area contributed by atoms with Crippen molar-refractivity contribution in [3.05, 3.63) is 70.3 Å². The molecule has 0 atom stereocenters. The summed E-state index contributed by atoms with van der Waals surface area (Å²) in [7, 11) is 0. The third-order valence-electron chi connectivity index (χ3n) is 3.80. The molecule has 28 heavy (non-hydrogen) atoms. The fourth-order valence-corrected chi connectivity index (χ4v) is 2.38. The quantitative estimate of drug-likeness (QED) is 0.552. The second-order valence-corrected chi connectivity index (χ2v) is 5.93. The molecule has 0 fully saturated rings. The van der Waals surface area contributed by atoms with Gasteiger partial charge in [0.1, 0.15) is 6.61 Å². The number of halogens is 2. The van der Waals surface area contributed by atoms with Crippen molar-refractivity contribution in [2.24, 2.45) is 0 Å². The van der Waals surface area contributed by atoms with E-state index < -0.39 is 6.61 Å². The van der Waals surface area contributed by atoms with Crippen LogP contribution in [-0.2, 0) is 11.3 Å². The number of hydrogen-bond acceptors (Lipinski definition) is 6. The summed E-state index contributed by atoms with van der Waals surface area (Å²) in [5, 5.41) is 4.36. The van der Waals surface area contributed by atoms with E-state index in [1.165, 1.54) is 23.1 Å². The van der Waals surface area contributed by atoms with Crippen LogP contribution in [0.15, 0.2) is 53.6 Å². The standard InChI is InChI=1S/C19H18F2N4O3/c1-13-2-4-14(5-3-13)12-25-17(26)7-6-16(24-25)15-10-22-19(23-11-15)28-9-8-27-18(20)21/h2-7,10-11,18H,8-9,12H2,1H3. The lowest BCUT2D eigenvalue weighted by Crippen LogP contribution is -2.22. The van der Waals surface area contributed by atoms with Crippen molar-refractivity contribution in [3.8, 4) is 17.3 Å². The Balaban J connectivity index is 1.69. The maximum absolute atomic E-state index is 12.1. The third-order valence-corrected chi connectivity index (χ3v) is 3.80. The molecule has 0 aliphatic rings. The minimum Gasteiger partial charge on any atom is -0.461 e. The van der Waals surface area contributed by atoms with E-state index in [0.29, 0.717) is 17.8 Å². The van der Waals surface area contributed by atoms with E-state index in [0.717, 1.165) is 11.1 Å². The monoisotopic (exact) mass is 388 g/mol. The van der Waals surface area contributed by atoms with Crippen LogP contribution in [0.3, 0.4) is 0 Å². The second kappa shape index (κ2) is 9.14. The van der Waals surface area contributed by atoms with Crippen LogP contribution in [0.5, 0.6) is 6.01 Å². The number of aryl methyl sites for hydroxylation is 1. The van der Waals surface area contributed by atoms with Crippen molar-refractivity contribution in [1.82, 2.24) is 19.7 Å². The highest BCUT2D eigenvalue weighted by molar-refractivity contribution is 5.55. The van der Waals surface area contributed by atoms with E-state index in [9.17, 15) is 13.6 Å². The molecule has 0 saturated carbocycles. The maximum atomic E-state index is 12.1. The zero-order valence-corrected chi connectivity index (χ0v) is 15.1. The van der Waals surface area contributed by atoms with Gasteiger partial charge >= 0.3 is 12.6 Å². The fraction of sp³-hybridized carbons (Fsp3) is 0.263. The van der Waals surface area contributed by atoms with Crippen LogP contribution in [0.1, 0.15) is 11.1 Å². The van der Waals surface area contributed by atoms with Gasteiger partial charge in [0, 0.05) is 24.0 Å². The van der Waals surface area contributed by atoms with E-state index in [-0.39, 0.29) is 24.8 Å². The average Bonchev–Trinajstić information content (AvgIpc) is 2.69. The van der Waals surface area contributed by atoms with Gasteiger partial charge in [0.15, 0.2) is 0 Å². The smallest absolute Gasteiger partial charge is 0.345 e. The molecular formula is C19H18F2N4O3. The molecule has 3 rings (SSSR count). The Hall–Kier alpha value is -3.20. The van der Waals surface area contributed by atoms with Crippen molar-refractivity contribution >= 4 is 0 Å². The normalized spacial score (nSPS) is 11.0. The predicted octanol–water partition coefficient (Wildman–Crippen LogP) is 2.68. The van der Waals surface area contributed by atoms with Crippen molar-refractivity contribution in [1.29, 1.82) is 0 Å². The van der Waals surface area contributed by atoms with Crippen LogP contribution in [0.2, 0.25) is 0 Å². The van der Waals surface area contributed by atoms with Crippen molar-refractivity contribution in [3.63, 3.8) is 0 Å². The molecule has 0 bridgehead atoms. The predicted molar refractivity (Wildman–Crippen MR) is 97.3 cm³/mol. The molecule has 0 N–H and O–H groups in total. The van der Waals surface area contributed by atoms with Gasteiger partial charge in [-0.3, -0.25) is 4.79 Å². The topological polar surface area (TPSA) is 79.1 Å². The summed E-state index contributed by atoms with van der Waals surface area (Å²) in [6.45, 7) is -0.862. The molecule has 0 saturated heterocycles. The van der Waals surface area contributed by atoms with Crippen LogP contribution < -0.4 is 10.3 Å². The summed E-state index contributed by atoms with van der Waals surface area (Å²) in [6, 6.07) is 10.9. The van der Waals surface area contributed by atoms with E-state index in [1.54, 1.807) is 6.07 Å². The average molecular weight is 388 g/mol. The molecule has 0 radical (unpaired) electrons. The van der Waals surface area contributed by atoms with E-state index in [4.69, 9.17) is 4.74 Å². The molecule has 0 unspecified atom stereocenters. The fourth-order valence-electron chi connectivity index (χ4n) is 2.38. The molecule has 7 nitrogen and oxygen atoms in total. The van der Waals surface area contributed by atoms with Gasteiger partial charge in [-0.25, -0.2) is 14.6 Å². The van der Waals surface area contributed by atoms with Gasteiger partial charge in [0.25, 0.3) is 5.56 Å². The van der Waals surface area contributed by atoms with Gasteiger partial charge in [-0.05, 0) is 18.6 Å². The third kappa shape index (κ3) is 5.40. The molecule has 0 spiro atoms. The van der Waals surface area contributed by atoms with Crippen LogP contribution in [0, 0.1) is 6.92 Å². The minimum atomic E-state index is -2.84. The summed E-state index contributed by atoms with van der Waals surface area (Å²) >= 11 is 0. The second-order valence-electron chi connectivity index (χ2n) is 5.93. The summed E-state index contributed by atoms with van der Waals surface area (Å²) < 4.78 is 34.3. The van der Waals surface area contributed by atoms with E-state index >= 15 is 0 Å². The number of alkyl halides is 2. The summed E-state index contributed by atoms with van der Waals surface area (Å²) in [5.41, 5.74) is 3.00. The number of ether oxygens (including phenoxy) is 2. The van der Waals surface area contributed by atoms with Crippen molar-refractivity contribution in [2.75, 3.05) is 13.2 Å². The summed E-state index contributed by atoms with van der Waals surface area (Å²) in [5.74, 6) is 0. The highest BCUT2D eigenvalue weighted by atomic mass is 19.3. The Kier molecular flexibility index (Phi) is 6.38. The Morgan fingerprint density at radius 3 is 2.43 bits per heavy atom.